The van der Waals surface area contributed by atoms with Gasteiger partial charge in [-0.3, -0.25) is 11.1 Å². The van der Waals surface area contributed by atoms with Crippen molar-refractivity contribution in [1.29, 1.82) is 0 Å². The first-order valence-electron chi connectivity index (χ1n) is 4.05. The monoisotopic (exact) mass is 247 g/mol. The summed E-state index contributed by atoms with van der Waals surface area (Å²) < 4.78 is 0. The number of amidine groups is 1. The topological polar surface area (TPSA) is 56.0 Å². The highest BCUT2D eigenvalue weighted by atomic mass is 35.5. The van der Waals surface area contributed by atoms with Gasteiger partial charge in [-0.2, -0.15) is 0 Å². The molecule has 6 heteroatoms. The first-order valence-corrected chi connectivity index (χ1v) is 5.03. The summed E-state index contributed by atoms with van der Waals surface area (Å²) in [5, 5.41) is 5.79. The van der Waals surface area contributed by atoms with Crippen molar-refractivity contribution in [2.75, 3.05) is 25.4 Å². The van der Waals surface area contributed by atoms with Gasteiger partial charge < -0.3 is 29.7 Å². The number of thioether (sulfide) groups is 1. The van der Waals surface area contributed by atoms with Gasteiger partial charge in [0, 0.05) is 0 Å². The largest absolute Gasteiger partial charge is 1.00 e. The minimum Gasteiger partial charge on any atom is -1.00 e. The fourth-order valence-electron chi connectivity index (χ4n) is 0.917. The maximum atomic E-state index is 5.31. The fraction of sp³-hybridized carbons (Fsp3) is 0.857. The van der Waals surface area contributed by atoms with Gasteiger partial charge in [-0.1, -0.05) is 0 Å². The van der Waals surface area contributed by atoms with E-state index < -0.39 is 0 Å². The van der Waals surface area contributed by atoms with Crippen molar-refractivity contribution in [1.82, 2.24) is 0 Å². The summed E-state index contributed by atoms with van der Waals surface area (Å²) in [7, 11) is 0. The van der Waals surface area contributed by atoms with Crippen LogP contribution in [0.5, 0.6) is 0 Å². The molecule has 0 aliphatic carbocycles. The first kappa shape index (κ1) is 19.0. The van der Waals surface area contributed by atoms with Gasteiger partial charge in [-0.15, -0.1) is 0 Å². The van der Waals surface area contributed by atoms with E-state index in [1.54, 1.807) is 16.7 Å². The summed E-state index contributed by atoms with van der Waals surface area (Å²) in [5.41, 5.74) is 5.31. The Bertz CT molecular complexity index is 120. The third-order valence-corrected chi connectivity index (χ3v) is 2.47. The molecule has 0 radical (unpaired) electrons. The molecule has 0 aromatic heterocycles. The van der Waals surface area contributed by atoms with E-state index in [9.17, 15) is 0 Å². The minimum absolute atomic E-state index is 0. The molecule has 0 saturated heterocycles. The highest BCUT2D eigenvalue weighted by molar-refractivity contribution is 8.13. The molecule has 0 rings (SSSR count). The van der Waals surface area contributed by atoms with E-state index in [1.165, 1.54) is 13.1 Å². The third kappa shape index (κ3) is 12.4. The molecule has 0 unspecified atom stereocenters. The van der Waals surface area contributed by atoms with Crippen molar-refractivity contribution in [3.8, 4) is 0 Å². The number of hydrogen-bond acceptors (Lipinski definition) is 1. The van der Waals surface area contributed by atoms with Crippen molar-refractivity contribution in [2.24, 2.45) is 5.73 Å². The molecule has 0 atom stereocenters. The molecule has 82 valence electrons. The Hall–Kier alpha value is 0.360. The van der Waals surface area contributed by atoms with Crippen LogP contribution >= 0.6 is 11.8 Å². The molecule has 0 saturated carbocycles. The lowest BCUT2D eigenvalue weighted by atomic mass is 10.5. The molecular formula is C7H19Cl2N3S. The molecule has 0 spiro atoms. The summed E-state index contributed by atoms with van der Waals surface area (Å²) in [6.45, 7) is 7.90. The molecule has 0 aromatic carbocycles. The lowest BCUT2D eigenvalue weighted by Crippen LogP contribution is -3.11. The number of nitrogens with two attached hydrogens (primary N) is 2. The van der Waals surface area contributed by atoms with Gasteiger partial charge in [0.15, 0.2) is 0 Å². The van der Waals surface area contributed by atoms with Crippen LogP contribution in [0.25, 0.3) is 0 Å². The molecule has 0 aromatic rings. The second kappa shape index (κ2) is 12.4. The van der Waals surface area contributed by atoms with Crippen LogP contribution in [0.3, 0.4) is 0 Å². The van der Waals surface area contributed by atoms with E-state index in [0.29, 0.717) is 5.17 Å². The van der Waals surface area contributed by atoms with E-state index in [2.05, 4.69) is 13.8 Å². The summed E-state index contributed by atoms with van der Waals surface area (Å²) in [5.74, 6) is 1.03. The lowest BCUT2D eigenvalue weighted by Gasteiger charge is -2.13. The van der Waals surface area contributed by atoms with Crippen LogP contribution in [0.1, 0.15) is 13.8 Å². The van der Waals surface area contributed by atoms with Crippen molar-refractivity contribution < 1.29 is 35.1 Å². The van der Waals surface area contributed by atoms with Crippen molar-refractivity contribution in [3.63, 3.8) is 0 Å². The van der Waals surface area contributed by atoms with Crippen LogP contribution in [0, 0.1) is 0 Å². The van der Waals surface area contributed by atoms with Gasteiger partial charge in [-0.25, -0.2) is 0 Å². The van der Waals surface area contributed by atoms with Gasteiger partial charge in [0.2, 0.25) is 0 Å². The normalized spacial score (nSPS) is 8.85. The maximum absolute atomic E-state index is 5.31. The highest BCUT2D eigenvalue weighted by Crippen LogP contribution is 1.90. The smallest absolute Gasteiger partial charge is 0.299 e. The van der Waals surface area contributed by atoms with Gasteiger partial charge in [0.25, 0.3) is 5.17 Å². The second-order valence-electron chi connectivity index (χ2n) is 2.46. The van der Waals surface area contributed by atoms with E-state index in [4.69, 9.17) is 11.1 Å². The average Bonchev–Trinajstić information content (AvgIpc) is 1.98. The van der Waals surface area contributed by atoms with E-state index in [1.807, 2.05) is 0 Å². The van der Waals surface area contributed by atoms with Crippen LogP contribution in [0.2, 0.25) is 0 Å². The summed E-state index contributed by atoms with van der Waals surface area (Å²) in [6, 6.07) is 0. The second-order valence-corrected chi connectivity index (χ2v) is 3.63. The average molecular weight is 248 g/mol. The quantitative estimate of drug-likeness (QED) is 0.334. The van der Waals surface area contributed by atoms with Crippen LogP contribution in [-0.4, -0.2) is 30.6 Å². The predicted molar refractivity (Wildman–Crippen MR) is 50.5 cm³/mol. The lowest BCUT2D eigenvalue weighted by molar-refractivity contribution is -0.893. The molecule has 0 heterocycles. The van der Waals surface area contributed by atoms with Crippen molar-refractivity contribution in [3.05, 3.63) is 0 Å². The van der Waals surface area contributed by atoms with Crippen LogP contribution < -0.4 is 40.9 Å². The Kier molecular flexibility index (Phi) is 18.1. The van der Waals surface area contributed by atoms with Crippen LogP contribution in [0.15, 0.2) is 0 Å². The maximum Gasteiger partial charge on any atom is 0.299 e. The van der Waals surface area contributed by atoms with Gasteiger partial charge in [0.1, 0.15) is 0 Å². The number of halogens is 2. The molecule has 5 N–H and O–H groups in total. The molecule has 3 nitrogen and oxygen atoms in total. The van der Waals surface area contributed by atoms with Crippen molar-refractivity contribution in [2.45, 2.75) is 13.8 Å². The number of nitrogens with one attached hydrogen (secondary N) is 1. The zero-order chi connectivity index (χ0) is 8.69. The number of hydrogen-bond donors (Lipinski definition) is 3. The Morgan fingerprint density at radius 3 is 2.08 bits per heavy atom. The zero-order valence-corrected chi connectivity index (χ0v) is 10.5. The number of rotatable bonds is 5. The van der Waals surface area contributed by atoms with Gasteiger partial charge >= 0.3 is 0 Å². The van der Waals surface area contributed by atoms with E-state index >= 15 is 0 Å². The Labute approximate surface area is 97.1 Å². The first-order chi connectivity index (χ1) is 5.20. The molecule has 0 aliphatic heterocycles. The molecule has 13 heavy (non-hydrogen) atoms. The molecular weight excluding hydrogens is 229 g/mol. The SMILES string of the molecule is CC[NH+](CC)CCSC(N)=[NH2+].[Cl-].[Cl-]. The summed E-state index contributed by atoms with van der Waals surface area (Å²) in [6.07, 6.45) is 0. The van der Waals surface area contributed by atoms with E-state index in [0.717, 1.165) is 12.3 Å². The standard InChI is InChI=1S/C7H17N3S.2ClH/c1-3-10(4-2)5-6-11-7(8)9;;/h3-6H2,1-2H3,(H3,8,9);2*1H. The third-order valence-electron chi connectivity index (χ3n) is 1.72. The Balaban J connectivity index is -0.000000500. The predicted octanol–water partition coefficient (Wildman–Crippen LogP) is -8.27. The molecule has 0 bridgehead atoms. The summed E-state index contributed by atoms with van der Waals surface area (Å²) >= 11 is 1.54. The minimum atomic E-state index is 0. The number of quaternary nitrogens is 1. The summed E-state index contributed by atoms with van der Waals surface area (Å²) in [4.78, 5) is 1.60. The molecule has 0 fully saturated rings. The van der Waals surface area contributed by atoms with Gasteiger partial charge in [0.05, 0.1) is 25.4 Å². The van der Waals surface area contributed by atoms with Crippen molar-refractivity contribution >= 4 is 16.9 Å². The zero-order valence-electron chi connectivity index (χ0n) is 8.15. The van der Waals surface area contributed by atoms with Gasteiger partial charge in [-0.05, 0) is 25.6 Å². The molecule has 0 aliphatic rings. The van der Waals surface area contributed by atoms with Crippen LogP contribution in [-0.2, 0) is 0 Å². The Morgan fingerprint density at radius 2 is 1.77 bits per heavy atom. The Morgan fingerprint density at radius 1 is 1.31 bits per heavy atom. The fourth-order valence-corrected chi connectivity index (χ4v) is 1.54. The van der Waals surface area contributed by atoms with E-state index in [-0.39, 0.29) is 24.8 Å². The molecule has 0 amide bonds. The van der Waals surface area contributed by atoms with Crippen LogP contribution in [0.4, 0.5) is 0 Å². The highest BCUT2D eigenvalue weighted by Gasteiger charge is 2.03.